The monoisotopic (exact) mass is 497 g/mol. The van der Waals surface area contributed by atoms with Crippen molar-refractivity contribution in [3.05, 3.63) is 64.9 Å². The van der Waals surface area contributed by atoms with Crippen LogP contribution in [0, 0.1) is 12.3 Å². The van der Waals surface area contributed by atoms with E-state index < -0.39 is 0 Å². The number of carbonyl (C=O) groups excluding carboxylic acids is 1. The number of aromatic nitrogens is 2. The number of oxazole rings is 1. The molecule has 3 fully saturated rings. The summed E-state index contributed by atoms with van der Waals surface area (Å²) in [5.41, 5.74) is 6.75. The van der Waals surface area contributed by atoms with Gasteiger partial charge in [-0.1, -0.05) is 29.4 Å². The zero-order valence-electron chi connectivity index (χ0n) is 21.3. The Morgan fingerprint density at radius 1 is 1.19 bits per heavy atom. The van der Waals surface area contributed by atoms with Gasteiger partial charge in [-0.2, -0.15) is 4.98 Å². The fourth-order valence-electron chi connectivity index (χ4n) is 6.10. The second-order valence-corrected chi connectivity index (χ2v) is 11.2. The van der Waals surface area contributed by atoms with E-state index in [0.717, 1.165) is 60.4 Å². The summed E-state index contributed by atoms with van der Waals surface area (Å²) in [5, 5.41) is 4.48. The lowest BCUT2D eigenvalue weighted by molar-refractivity contribution is -0.0797. The van der Waals surface area contributed by atoms with Gasteiger partial charge in [0.15, 0.2) is 11.4 Å². The molecule has 2 saturated carbocycles. The number of fused-ring (bicyclic) bond motifs is 1. The molecule has 1 saturated heterocycles. The molecule has 37 heavy (non-hydrogen) atoms. The summed E-state index contributed by atoms with van der Waals surface area (Å²) in [6.45, 7) is 6.08. The van der Waals surface area contributed by atoms with Crippen molar-refractivity contribution in [3.63, 3.8) is 0 Å². The number of ketones is 1. The number of aryl methyl sites for hydroxylation is 1. The van der Waals surface area contributed by atoms with Crippen LogP contribution < -0.4 is 4.90 Å². The molecule has 0 amide bonds. The highest BCUT2D eigenvalue weighted by atomic mass is 16.5. The standard InChI is InChI=1S/C30H31N3O4/c1-18-5-3-4-6-23(18)27-24(28(37-32-27)20-7-8-20)16-35-22-14-30(15-22)11-12-33(17-30)29-31-25-10-9-21(19(2)34)13-26(25)36-29/h3-6,9-10,13,20,22H,7-8,11-12,14-17H2,1-2H3. The number of hydrogen-bond donors (Lipinski definition) is 0. The molecular weight excluding hydrogens is 466 g/mol. The Kier molecular flexibility index (Phi) is 5.25. The van der Waals surface area contributed by atoms with Gasteiger partial charge in [-0.3, -0.25) is 4.79 Å². The Bertz CT molecular complexity index is 1490. The average molecular weight is 498 g/mol. The van der Waals surface area contributed by atoms with Crippen molar-refractivity contribution in [2.75, 3.05) is 18.0 Å². The summed E-state index contributed by atoms with van der Waals surface area (Å²) in [7, 11) is 0. The molecule has 2 aliphatic carbocycles. The predicted molar refractivity (Wildman–Crippen MR) is 140 cm³/mol. The molecule has 1 aliphatic heterocycles. The lowest BCUT2D eigenvalue weighted by atomic mass is 9.66. The number of hydrogen-bond acceptors (Lipinski definition) is 7. The van der Waals surface area contributed by atoms with Crippen molar-refractivity contribution < 1.29 is 18.5 Å². The van der Waals surface area contributed by atoms with Gasteiger partial charge < -0.3 is 18.6 Å². The minimum absolute atomic E-state index is 0.0296. The van der Waals surface area contributed by atoms with Gasteiger partial charge in [0.25, 0.3) is 6.01 Å². The summed E-state index contributed by atoms with van der Waals surface area (Å²) in [4.78, 5) is 18.6. The third-order valence-electron chi connectivity index (χ3n) is 8.44. The van der Waals surface area contributed by atoms with Crippen molar-refractivity contribution in [2.45, 2.75) is 64.6 Å². The Balaban J connectivity index is 1.01. The van der Waals surface area contributed by atoms with Crippen LogP contribution in [0.1, 0.15) is 72.2 Å². The highest BCUT2D eigenvalue weighted by molar-refractivity contribution is 5.97. The van der Waals surface area contributed by atoms with Crippen molar-refractivity contribution in [1.29, 1.82) is 0 Å². The van der Waals surface area contributed by atoms with Crippen LogP contribution in [0.2, 0.25) is 0 Å². The maximum atomic E-state index is 11.7. The molecule has 7 heteroatoms. The largest absolute Gasteiger partial charge is 0.423 e. The SMILES string of the molecule is CC(=O)c1ccc2nc(N3CCC4(CC(OCc5c(-c6ccccc6C)noc5C5CC5)C4)C3)oc2c1. The van der Waals surface area contributed by atoms with Crippen LogP contribution in [0.4, 0.5) is 6.01 Å². The molecule has 0 N–H and O–H groups in total. The molecule has 0 bridgehead atoms. The maximum absolute atomic E-state index is 11.7. The summed E-state index contributed by atoms with van der Waals surface area (Å²) in [5.74, 6) is 1.54. The molecule has 7 rings (SSSR count). The molecule has 1 spiro atoms. The third kappa shape index (κ3) is 4.06. The van der Waals surface area contributed by atoms with Gasteiger partial charge in [-0.05, 0) is 75.1 Å². The van der Waals surface area contributed by atoms with Crippen LogP contribution in [0.25, 0.3) is 22.4 Å². The first-order valence-corrected chi connectivity index (χ1v) is 13.3. The van der Waals surface area contributed by atoms with Crippen LogP contribution in [-0.4, -0.2) is 35.1 Å². The summed E-state index contributed by atoms with van der Waals surface area (Å²) in [6, 6.07) is 14.5. The van der Waals surface area contributed by atoms with Crippen LogP contribution in [0.5, 0.6) is 0 Å². The number of Topliss-reactive ketones (excluding diaryl/α,β-unsaturated/α-hetero) is 1. The summed E-state index contributed by atoms with van der Waals surface area (Å²) >= 11 is 0. The minimum Gasteiger partial charge on any atom is -0.423 e. The highest BCUT2D eigenvalue weighted by Gasteiger charge is 2.50. The van der Waals surface area contributed by atoms with E-state index in [1.165, 1.54) is 18.4 Å². The molecular formula is C30H31N3O4. The molecule has 190 valence electrons. The van der Waals surface area contributed by atoms with Gasteiger partial charge in [-0.25, -0.2) is 0 Å². The van der Waals surface area contributed by atoms with Crippen molar-refractivity contribution >= 4 is 22.9 Å². The molecule has 0 atom stereocenters. The van der Waals surface area contributed by atoms with Gasteiger partial charge in [-0.15, -0.1) is 0 Å². The third-order valence-corrected chi connectivity index (χ3v) is 8.44. The number of ether oxygens (including phenoxy) is 1. The molecule has 2 aromatic heterocycles. The molecule has 0 radical (unpaired) electrons. The fraction of sp³-hybridized carbons (Fsp3) is 0.433. The van der Waals surface area contributed by atoms with Crippen molar-refractivity contribution in [2.24, 2.45) is 5.41 Å². The normalized spacial score (nSPS) is 23.2. The van der Waals surface area contributed by atoms with E-state index in [1.807, 2.05) is 12.1 Å². The first kappa shape index (κ1) is 22.7. The number of nitrogens with zero attached hydrogens (tertiary/aromatic N) is 3. The number of rotatable bonds is 7. The van der Waals surface area contributed by atoms with Crippen molar-refractivity contribution in [3.8, 4) is 11.3 Å². The molecule has 4 aromatic rings. The van der Waals surface area contributed by atoms with E-state index in [4.69, 9.17) is 13.7 Å². The van der Waals surface area contributed by atoms with Gasteiger partial charge in [0.05, 0.1) is 12.7 Å². The van der Waals surface area contributed by atoms with Gasteiger partial charge in [0.1, 0.15) is 17.0 Å². The zero-order chi connectivity index (χ0) is 25.1. The number of carbonyl (C=O) groups is 1. The second kappa shape index (κ2) is 8.55. The van der Waals surface area contributed by atoms with E-state index >= 15 is 0 Å². The Morgan fingerprint density at radius 3 is 2.81 bits per heavy atom. The molecule has 3 aliphatic rings. The van der Waals surface area contributed by atoms with Crippen molar-refractivity contribution in [1.82, 2.24) is 10.1 Å². The summed E-state index contributed by atoms with van der Waals surface area (Å²) in [6.07, 6.45) is 5.78. The smallest absolute Gasteiger partial charge is 0.298 e. The van der Waals surface area contributed by atoms with E-state index in [1.54, 1.807) is 13.0 Å². The lowest BCUT2D eigenvalue weighted by Gasteiger charge is -2.44. The second-order valence-electron chi connectivity index (χ2n) is 11.2. The topological polar surface area (TPSA) is 81.6 Å². The molecule has 0 unspecified atom stereocenters. The van der Waals surface area contributed by atoms with Crippen LogP contribution in [0.15, 0.2) is 51.4 Å². The van der Waals surface area contributed by atoms with E-state index in [0.29, 0.717) is 29.7 Å². The number of benzene rings is 2. The Hall–Kier alpha value is -3.45. The van der Waals surface area contributed by atoms with Crippen LogP contribution in [-0.2, 0) is 11.3 Å². The quantitative estimate of drug-likeness (QED) is 0.272. The van der Waals surface area contributed by atoms with Crippen LogP contribution in [0.3, 0.4) is 0 Å². The van der Waals surface area contributed by atoms with Gasteiger partial charge in [0, 0.05) is 35.7 Å². The van der Waals surface area contributed by atoms with Crippen LogP contribution >= 0.6 is 0 Å². The predicted octanol–water partition coefficient (Wildman–Crippen LogP) is 6.45. The lowest BCUT2D eigenvalue weighted by Crippen LogP contribution is -2.44. The zero-order valence-corrected chi connectivity index (χ0v) is 21.3. The maximum Gasteiger partial charge on any atom is 0.298 e. The first-order chi connectivity index (χ1) is 18.0. The van der Waals surface area contributed by atoms with E-state index in [-0.39, 0.29) is 17.3 Å². The van der Waals surface area contributed by atoms with Gasteiger partial charge >= 0.3 is 0 Å². The Labute approximate surface area is 215 Å². The highest BCUT2D eigenvalue weighted by Crippen LogP contribution is 2.51. The number of anilines is 1. The fourth-order valence-corrected chi connectivity index (χ4v) is 6.10. The minimum atomic E-state index is 0.0296. The average Bonchev–Trinajstić information content (AvgIpc) is 3.28. The Morgan fingerprint density at radius 2 is 2.03 bits per heavy atom. The van der Waals surface area contributed by atoms with E-state index in [2.05, 4.69) is 46.2 Å². The molecule has 2 aromatic carbocycles. The first-order valence-electron chi connectivity index (χ1n) is 13.3. The summed E-state index contributed by atoms with van der Waals surface area (Å²) < 4.78 is 18.4. The van der Waals surface area contributed by atoms with E-state index in [9.17, 15) is 4.79 Å². The molecule has 3 heterocycles. The van der Waals surface area contributed by atoms with Gasteiger partial charge in [0.2, 0.25) is 0 Å². The molecule has 7 nitrogen and oxygen atoms in total.